The summed E-state index contributed by atoms with van der Waals surface area (Å²) >= 11 is 0. The quantitative estimate of drug-likeness (QED) is 0.778. The molecule has 0 bridgehead atoms. The maximum absolute atomic E-state index is 11.7. The minimum Gasteiger partial charge on any atom is -0.475 e. The molecule has 0 amide bonds. The summed E-state index contributed by atoms with van der Waals surface area (Å²) in [4.78, 5) is 26.1. The second kappa shape index (κ2) is 3.65. The van der Waals surface area contributed by atoms with Crippen LogP contribution in [-0.4, -0.2) is 26.4 Å². The van der Waals surface area contributed by atoms with E-state index < -0.39 is 11.8 Å². The molecule has 0 aliphatic heterocycles. The van der Waals surface area contributed by atoms with Crippen LogP contribution >= 0.6 is 0 Å². The van der Waals surface area contributed by atoms with Crippen LogP contribution in [0.2, 0.25) is 0 Å². The van der Waals surface area contributed by atoms with Gasteiger partial charge in [-0.2, -0.15) is 0 Å². The number of hydrogen-bond donors (Lipinski definition) is 1. The Morgan fingerprint density at radius 3 is 2.56 bits per heavy atom. The smallest absolute Gasteiger partial charge is 0.371 e. The van der Waals surface area contributed by atoms with Crippen LogP contribution < -0.4 is 0 Å². The highest BCUT2D eigenvalue weighted by Crippen LogP contribution is 2.12. The second-order valence-corrected chi connectivity index (χ2v) is 3.22. The number of carbonyl (C=O) groups is 2. The van der Waals surface area contributed by atoms with Crippen LogP contribution in [-0.2, 0) is 7.05 Å². The first-order valence-corrected chi connectivity index (χ1v) is 4.43. The van der Waals surface area contributed by atoms with E-state index in [0.29, 0.717) is 0 Å². The van der Waals surface area contributed by atoms with Crippen molar-refractivity contribution >= 4 is 11.8 Å². The molecule has 2 heterocycles. The zero-order valence-electron chi connectivity index (χ0n) is 8.38. The van der Waals surface area contributed by atoms with Crippen molar-refractivity contribution in [2.75, 3.05) is 0 Å². The Bertz CT molecular complexity index is 553. The molecule has 2 aromatic heterocycles. The minimum absolute atomic E-state index is 0.0314. The van der Waals surface area contributed by atoms with Gasteiger partial charge in [-0.3, -0.25) is 4.79 Å². The summed E-state index contributed by atoms with van der Waals surface area (Å²) in [7, 11) is 1.73. The summed E-state index contributed by atoms with van der Waals surface area (Å²) in [5.41, 5.74) is 0.216. The molecule has 0 aliphatic carbocycles. The predicted octanol–water partition coefficient (Wildman–Crippen LogP) is 0.942. The molecule has 0 fully saturated rings. The molecule has 0 radical (unpaired) electrons. The van der Waals surface area contributed by atoms with Crippen LogP contribution in [0.3, 0.4) is 0 Å². The number of furan rings is 1. The largest absolute Gasteiger partial charge is 0.475 e. The molecule has 0 spiro atoms. The molecule has 82 valence electrons. The Kier molecular flexibility index (Phi) is 2.32. The molecule has 0 atom stereocenters. The Morgan fingerprint density at radius 2 is 2.06 bits per heavy atom. The minimum atomic E-state index is -1.21. The van der Waals surface area contributed by atoms with Crippen LogP contribution in [0.25, 0.3) is 0 Å². The van der Waals surface area contributed by atoms with Gasteiger partial charge in [-0.1, -0.05) is 0 Å². The Morgan fingerprint density at radius 1 is 1.38 bits per heavy atom. The molecule has 2 aromatic rings. The summed E-state index contributed by atoms with van der Waals surface area (Å²) < 4.78 is 6.49. The van der Waals surface area contributed by atoms with E-state index in [1.807, 2.05) is 0 Å². The highest BCUT2D eigenvalue weighted by Gasteiger charge is 2.18. The number of aryl methyl sites for hydroxylation is 1. The first kappa shape index (κ1) is 10.2. The van der Waals surface area contributed by atoms with Gasteiger partial charge in [-0.25, -0.2) is 9.78 Å². The lowest BCUT2D eigenvalue weighted by Gasteiger charge is -1.91. The highest BCUT2D eigenvalue weighted by atomic mass is 16.4. The van der Waals surface area contributed by atoms with E-state index >= 15 is 0 Å². The summed E-state index contributed by atoms with van der Waals surface area (Å²) in [5, 5.41) is 8.63. The topological polar surface area (TPSA) is 85.3 Å². The molecule has 1 N–H and O–H groups in total. The Labute approximate surface area is 90.1 Å². The normalized spacial score (nSPS) is 10.3. The van der Waals surface area contributed by atoms with Crippen LogP contribution in [0.5, 0.6) is 0 Å². The van der Waals surface area contributed by atoms with Crippen molar-refractivity contribution in [1.82, 2.24) is 9.55 Å². The number of aromatic nitrogens is 2. The summed E-state index contributed by atoms with van der Waals surface area (Å²) in [6.07, 6.45) is 3.01. The van der Waals surface area contributed by atoms with Gasteiger partial charge in [0, 0.05) is 13.2 Å². The zero-order chi connectivity index (χ0) is 11.7. The molecule has 0 saturated heterocycles. The maximum atomic E-state index is 11.7. The predicted molar refractivity (Wildman–Crippen MR) is 52.3 cm³/mol. The number of carbonyl (C=O) groups excluding carboxylic acids is 1. The molecule has 0 saturated carbocycles. The molecular formula is C10H8N2O4. The van der Waals surface area contributed by atoms with Crippen LogP contribution in [0.1, 0.15) is 26.8 Å². The molecule has 16 heavy (non-hydrogen) atoms. The van der Waals surface area contributed by atoms with Gasteiger partial charge in [-0.15, -0.1) is 0 Å². The average molecular weight is 220 g/mol. The van der Waals surface area contributed by atoms with Gasteiger partial charge in [0.1, 0.15) is 5.69 Å². The molecular weight excluding hydrogens is 212 g/mol. The second-order valence-electron chi connectivity index (χ2n) is 3.22. The molecule has 6 heteroatoms. The van der Waals surface area contributed by atoms with E-state index in [-0.39, 0.29) is 17.2 Å². The fourth-order valence-electron chi connectivity index (χ4n) is 1.23. The Balaban J connectivity index is 2.30. The lowest BCUT2D eigenvalue weighted by molar-refractivity contribution is 0.0660. The number of rotatable bonds is 3. The van der Waals surface area contributed by atoms with Crippen molar-refractivity contribution in [3.63, 3.8) is 0 Å². The average Bonchev–Trinajstić information content (AvgIpc) is 2.84. The molecule has 0 unspecified atom stereocenters. The van der Waals surface area contributed by atoms with Crippen LogP contribution in [0.4, 0.5) is 0 Å². The van der Waals surface area contributed by atoms with Gasteiger partial charge in [0.25, 0.3) is 0 Å². The van der Waals surface area contributed by atoms with Gasteiger partial charge < -0.3 is 14.1 Å². The third-order valence-corrected chi connectivity index (χ3v) is 1.98. The van der Waals surface area contributed by atoms with E-state index in [9.17, 15) is 9.59 Å². The highest BCUT2D eigenvalue weighted by molar-refractivity contribution is 6.06. The fourth-order valence-corrected chi connectivity index (χ4v) is 1.23. The summed E-state index contributed by atoms with van der Waals surface area (Å²) in [5.74, 6) is -1.94. The number of aromatic carboxylic acids is 1. The van der Waals surface area contributed by atoms with Gasteiger partial charge in [0.15, 0.2) is 5.76 Å². The van der Waals surface area contributed by atoms with Gasteiger partial charge in [0.2, 0.25) is 11.5 Å². The maximum Gasteiger partial charge on any atom is 0.371 e. The van der Waals surface area contributed by atoms with Crippen molar-refractivity contribution in [3.8, 4) is 0 Å². The van der Waals surface area contributed by atoms with E-state index in [1.54, 1.807) is 11.6 Å². The molecule has 0 aromatic carbocycles. The van der Waals surface area contributed by atoms with Crippen molar-refractivity contribution in [1.29, 1.82) is 0 Å². The van der Waals surface area contributed by atoms with Crippen LogP contribution in [0, 0.1) is 0 Å². The van der Waals surface area contributed by atoms with E-state index in [2.05, 4.69) is 4.98 Å². The standard InChI is InChI=1S/C10H8N2O4/c1-12-4-6(11-5-12)9(13)7-2-3-8(16-7)10(14)15/h2-5H,1H3,(H,14,15). The fraction of sp³-hybridized carbons (Fsp3) is 0.100. The molecule has 2 rings (SSSR count). The number of imidazole rings is 1. The lowest BCUT2D eigenvalue weighted by atomic mass is 10.2. The monoisotopic (exact) mass is 220 g/mol. The van der Waals surface area contributed by atoms with Crippen LogP contribution in [0.15, 0.2) is 29.1 Å². The first-order valence-electron chi connectivity index (χ1n) is 4.43. The zero-order valence-corrected chi connectivity index (χ0v) is 8.38. The number of carboxylic acid groups (broad SMARTS) is 1. The van der Waals surface area contributed by atoms with E-state index in [0.717, 1.165) is 0 Å². The SMILES string of the molecule is Cn1cnc(C(=O)c2ccc(C(=O)O)o2)c1. The third kappa shape index (κ3) is 1.72. The number of nitrogens with zero attached hydrogens (tertiary/aromatic N) is 2. The molecule has 6 nitrogen and oxygen atoms in total. The van der Waals surface area contributed by atoms with Gasteiger partial charge in [0.05, 0.1) is 6.33 Å². The van der Waals surface area contributed by atoms with E-state index in [1.165, 1.54) is 24.7 Å². The first-order chi connectivity index (χ1) is 7.58. The van der Waals surface area contributed by atoms with Crippen molar-refractivity contribution in [3.05, 3.63) is 41.9 Å². The van der Waals surface area contributed by atoms with Crippen molar-refractivity contribution in [2.24, 2.45) is 7.05 Å². The molecule has 0 aliphatic rings. The summed E-state index contributed by atoms with van der Waals surface area (Å²) in [6.45, 7) is 0. The lowest BCUT2D eigenvalue weighted by Crippen LogP contribution is -2.00. The number of ketones is 1. The van der Waals surface area contributed by atoms with E-state index in [4.69, 9.17) is 9.52 Å². The van der Waals surface area contributed by atoms with Crippen molar-refractivity contribution < 1.29 is 19.1 Å². The third-order valence-electron chi connectivity index (χ3n) is 1.98. The van der Waals surface area contributed by atoms with Gasteiger partial charge >= 0.3 is 5.97 Å². The Hall–Kier alpha value is -2.37. The van der Waals surface area contributed by atoms with Gasteiger partial charge in [-0.05, 0) is 12.1 Å². The number of hydrogen-bond acceptors (Lipinski definition) is 4. The summed E-state index contributed by atoms with van der Waals surface area (Å²) in [6, 6.07) is 2.55. The number of carboxylic acids is 1. The van der Waals surface area contributed by atoms with Crippen molar-refractivity contribution in [2.45, 2.75) is 0 Å².